The lowest BCUT2D eigenvalue weighted by Crippen LogP contribution is -2.11. The molecule has 2 aromatic carbocycles. The molecule has 0 fully saturated rings. The summed E-state index contributed by atoms with van der Waals surface area (Å²) in [4.78, 5) is 5.79. The number of nitrogen functional groups attached to an aromatic ring is 1. The number of nitrogens with zero attached hydrogens (tertiary/aromatic N) is 3. The standard InChI is InChI=1S/C14H12N4/c15-18-14(12-9-5-2-6-10-12)16-13(17-18)11-7-3-1-4-8-11/h1-10H,15H2. The zero-order valence-electron chi connectivity index (χ0n) is 9.69. The molecule has 0 atom stereocenters. The highest BCUT2D eigenvalue weighted by molar-refractivity contribution is 5.61. The highest BCUT2D eigenvalue weighted by Crippen LogP contribution is 2.20. The molecule has 0 saturated carbocycles. The third kappa shape index (κ3) is 1.84. The van der Waals surface area contributed by atoms with Crippen molar-refractivity contribution < 1.29 is 0 Å². The molecule has 4 nitrogen and oxygen atoms in total. The fourth-order valence-corrected chi connectivity index (χ4v) is 1.82. The Morgan fingerprint density at radius 3 is 1.94 bits per heavy atom. The van der Waals surface area contributed by atoms with Crippen LogP contribution in [0.4, 0.5) is 0 Å². The van der Waals surface area contributed by atoms with Gasteiger partial charge in [-0.3, -0.25) is 0 Å². The highest BCUT2D eigenvalue weighted by atomic mass is 15.5. The molecule has 0 spiro atoms. The Labute approximate surface area is 105 Å². The summed E-state index contributed by atoms with van der Waals surface area (Å²) in [5.41, 5.74) is 1.91. The van der Waals surface area contributed by atoms with Crippen molar-refractivity contribution in [2.24, 2.45) is 0 Å². The maximum Gasteiger partial charge on any atom is 0.183 e. The van der Waals surface area contributed by atoms with Crippen molar-refractivity contribution in [3.63, 3.8) is 0 Å². The van der Waals surface area contributed by atoms with Gasteiger partial charge in [-0.2, -0.15) is 4.79 Å². The molecule has 0 aliphatic heterocycles. The summed E-state index contributed by atoms with van der Waals surface area (Å²) < 4.78 is 0. The van der Waals surface area contributed by atoms with Crippen molar-refractivity contribution in [3.05, 3.63) is 60.7 Å². The van der Waals surface area contributed by atoms with Crippen LogP contribution in [0.2, 0.25) is 0 Å². The summed E-state index contributed by atoms with van der Waals surface area (Å²) in [6.07, 6.45) is 0. The predicted octanol–water partition coefficient (Wildman–Crippen LogP) is 2.33. The average Bonchev–Trinajstić information content (AvgIpc) is 2.83. The molecule has 3 rings (SSSR count). The van der Waals surface area contributed by atoms with Gasteiger partial charge in [-0.15, -0.1) is 5.10 Å². The number of hydrogen-bond donors (Lipinski definition) is 1. The quantitative estimate of drug-likeness (QED) is 0.695. The SMILES string of the molecule is Nn1nc(-c2ccccc2)nc1-c1ccccc1. The molecule has 4 heteroatoms. The minimum Gasteiger partial charge on any atom is -0.321 e. The third-order valence-electron chi connectivity index (χ3n) is 2.70. The number of rotatable bonds is 2. The zero-order valence-corrected chi connectivity index (χ0v) is 9.69. The monoisotopic (exact) mass is 236 g/mol. The van der Waals surface area contributed by atoms with Gasteiger partial charge in [0, 0.05) is 11.1 Å². The molecular weight excluding hydrogens is 224 g/mol. The Kier molecular flexibility index (Phi) is 2.53. The van der Waals surface area contributed by atoms with Gasteiger partial charge >= 0.3 is 0 Å². The van der Waals surface area contributed by atoms with Gasteiger partial charge in [0.15, 0.2) is 11.6 Å². The van der Waals surface area contributed by atoms with E-state index in [1.54, 1.807) is 0 Å². The van der Waals surface area contributed by atoms with E-state index < -0.39 is 0 Å². The fourth-order valence-electron chi connectivity index (χ4n) is 1.82. The van der Waals surface area contributed by atoms with Crippen LogP contribution < -0.4 is 5.84 Å². The molecule has 0 unspecified atom stereocenters. The van der Waals surface area contributed by atoms with Gasteiger partial charge < -0.3 is 5.84 Å². The minimum atomic E-state index is 0.636. The Morgan fingerprint density at radius 2 is 1.33 bits per heavy atom. The van der Waals surface area contributed by atoms with Gasteiger partial charge in [0.1, 0.15) is 0 Å². The van der Waals surface area contributed by atoms with Crippen molar-refractivity contribution in [2.75, 3.05) is 5.84 Å². The number of nitrogens with two attached hydrogens (primary N) is 1. The van der Waals surface area contributed by atoms with Crippen molar-refractivity contribution >= 4 is 0 Å². The second-order valence-electron chi connectivity index (χ2n) is 3.94. The van der Waals surface area contributed by atoms with Gasteiger partial charge in [-0.05, 0) is 0 Å². The van der Waals surface area contributed by atoms with Crippen LogP contribution in [0.25, 0.3) is 22.8 Å². The smallest absolute Gasteiger partial charge is 0.183 e. The minimum absolute atomic E-state index is 0.636. The molecule has 3 aromatic rings. The maximum atomic E-state index is 5.85. The Bertz CT molecular complexity index is 644. The number of hydrogen-bond acceptors (Lipinski definition) is 3. The second-order valence-corrected chi connectivity index (χ2v) is 3.94. The van der Waals surface area contributed by atoms with Crippen LogP contribution in [0.5, 0.6) is 0 Å². The van der Waals surface area contributed by atoms with Crippen LogP contribution in [0, 0.1) is 0 Å². The largest absolute Gasteiger partial charge is 0.321 e. The molecule has 1 heterocycles. The van der Waals surface area contributed by atoms with Crippen LogP contribution in [0.15, 0.2) is 60.7 Å². The van der Waals surface area contributed by atoms with Crippen molar-refractivity contribution in [3.8, 4) is 22.8 Å². The van der Waals surface area contributed by atoms with Crippen LogP contribution in [-0.2, 0) is 0 Å². The van der Waals surface area contributed by atoms with E-state index in [2.05, 4.69) is 10.1 Å². The van der Waals surface area contributed by atoms with Gasteiger partial charge in [-0.25, -0.2) is 4.98 Å². The molecule has 0 bridgehead atoms. The highest BCUT2D eigenvalue weighted by Gasteiger charge is 2.10. The molecular formula is C14H12N4. The molecule has 0 amide bonds. The molecule has 88 valence electrons. The van der Waals surface area contributed by atoms with E-state index in [4.69, 9.17) is 5.84 Å². The topological polar surface area (TPSA) is 56.7 Å². The first kappa shape index (κ1) is 10.5. The maximum absolute atomic E-state index is 5.85. The average molecular weight is 236 g/mol. The summed E-state index contributed by atoms with van der Waals surface area (Å²) in [7, 11) is 0. The van der Waals surface area contributed by atoms with Gasteiger partial charge in [0.2, 0.25) is 0 Å². The van der Waals surface area contributed by atoms with E-state index in [0.717, 1.165) is 11.1 Å². The fraction of sp³-hybridized carbons (Fsp3) is 0. The van der Waals surface area contributed by atoms with E-state index in [1.807, 2.05) is 60.7 Å². The van der Waals surface area contributed by atoms with Crippen molar-refractivity contribution in [1.82, 2.24) is 14.9 Å². The lowest BCUT2D eigenvalue weighted by molar-refractivity contribution is 0.842. The second kappa shape index (κ2) is 4.33. The normalized spacial score (nSPS) is 10.4. The zero-order chi connectivity index (χ0) is 12.4. The summed E-state index contributed by atoms with van der Waals surface area (Å²) in [6, 6.07) is 19.6. The Morgan fingerprint density at radius 1 is 0.778 bits per heavy atom. The molecule has 2 N–H and O–H groups in total. The third-order valence-corrected chi connectivity index (χ3v) is 2.70. The van der Waals surface area contributed by atoms with E-state index in [0.29, 0.717) is 11.6 Å². The van der Waals surface area contributed by atoms with Crippen molar-refractivity contribution in [1.29, 1.82) is 0 Å². The Hall–Kier alpha value is -2.62. The van der Waals surface area contributed by atoms with Gasteiger partial charge in [0.25, 0.3) is 0 Å². The lowest BCUT2D eigenvalue weighted by atomic mass is 10.2. The molecule has 0 saturated heterocycles. The number of benzene rings is 2. The lowest BCUT2D eigenvalue weighted by Gasteiger charge is -1.97. The molecule has 0 aliphatic carbocycles. The predicted molar refractivity (Wildman–Crippen MR) is 71.0 cm³/mol. The van der Waals surface area contributed by atoms with Crippen LogP contribution >= 0.6 is 0 Å². The summed E-state index contributed by atoms with van der Waals surface area (Å²) in [5, 5.41) is 4.24. The van der Waals surface area contributed by atoms with E-state index in [9.17, 15) is 0 Å². The van der Waals surface area contributed by atoms with Crippen LogP contribution in [-0.4, -0.2) is 14.9 Å². The molecule has 1 aromatic heterocycles. The van der Waals surface area contributed by atoms with E-state index in [-0.39, 0.29) is 0 Å². The molecule has 0 aliphatic rings. The van der Waals surface area contributed by atoms with Gasteiger partial charge in [-0.1, -0.05) is 60.7 Å². The van der Waals surface area contributed by atoms with Crippen molar-refractivity contribution in [2.45, 2.75) is 0 Å². The van der Waals surface area contributed by atoms with Gasteiger partial charge in [0.05, 0.1) is 0 Å². The van der Waals surface area contributed by atoms with Crippen LogP contribution in [0.1, 0.15) is 0 Å². The summed E-state index contributed by atoms with van der Waals surface area (Å²) >= 11 is 0. The Balaban J connectivity index is 2.07. The van der Waals surface area contributed by atoms with Crippen LogP contribution in [0.3, 0.4) is 0 Å². The first-order valence-corrected chi connectivity index (χ1v) is 5.67. The van der Waals surface area contributed by atoms with E-state index in [1.165, 1.54) is 4.79 Å². The first-order chi connectivity index (χ1) is 8.84. The molecule has 0 radical (unpaired) electrons. The summed E-state index contributed by atoms with van der Waals surface area (Å²) in [5.74, 6) is 7.15. The first-order valence-electron chi connectivity index (χ1n) is 5.67. The molecule has 18 heavy (non-hydrogen) atoms. The van der Waals surface area contributed by atoms with E-state index >= 15 is 0 Å². The number of aromatic nitrogens is 3. The summed E-state index contributed by atoms with van der Waals surface area (Å²) in [6.45, 7) is 0.